The summed E-state index contributed by atoms with van der Waals surface area (Å²) in [5.41, 5.74) is 1.16. The Morgan fingerprint density at radius 1 is 1.32 bits per heavy atom. The highest BCUT2D eigenvalue weighted by atomic mass is 16.5. The Labute approximate surface area is 150 Å². The molecule has 1 aliphatic heterocycles. The fraction of sp³-hybridized carbons (Fsp3) is 0.600. The van der Waals surface area contributed by atoms with Crippen LogP contribution in [0.1, 0.15) is 56.9 Å². The van der Waals surface area contributed by atoms with E-state index in [1.54, 1.807) is 7.11 Å². The van der Waals surface area contributed by atoms with Crippen molar-refractivity contribution in [1.29, 1.82) is 0 Å². The molecule has 1 aliphatic rings. The van der Waals surface area contributed by atoms with Gasteiger partial charge in [-0.1, -0.05) is 19.1 Å². The third kappa shape index (κ3) is 5.76. The van der Waals surface area contributed by atoms with E-state index in [4.69, 9.17) is 9.84 Å². The molecule has 1 N–H and O–H groups in total. The Hall–Kier alpha value is -2.04. The molecule has 0 aromatic heterocycles. The summed E-state index contributed by atoms with van der Waals surface area (Å²) in [5.74, 6) is 0.770. The molecule has 138 valence electrons. The Morgan fingerprint density at radius 2 is 2.04 bits per heavy atom. The largest absolute Gasteiger partial charge is 0.497 e. The van der Waals surface area contributed by atoms with Crippen LogP contribution in [-0.2, 0) is 9.59 Å². The van der Waals surface area contributed by atoms with Crippen LogP contribution in [0.15, 0.2) is 24.3 Å². The van der Waals surface area contributed by atoms with E-state index in [-0.39, 0.29) is 18.2 Å². The van der Waals surface area contributed by atoms with Gasteiger partial charge in [-0.15, -0.1) is 0 Å². The summed E-state index contributed by atoms with van der Waals surface area (Å²) in [6.45, 7) is 3.60. The van der Waals surface area contributed by atoms with Gasteiger partial charge in [0.25, 0.3) is 0 Å². The standard InChI is InChI=1S/C20H29NO4/c1-3-16(17-7-9-18(25-2)10-8-17)13-19(22)21-12-4-5-15(14-21)6-11-20(23)24/h7-10,15-16H,3-6,11-14H2,1-2H3,(H,23,24). The number of hydrogen-bond donors (Lipinski definition) is 1. The van der Waals surface area contributed by atoms with Gasteiger partial charge in [0.1, 0.15) is 5.75 Å². The lowest BCUT2D eigenvalue weighted by Gasteiger charge is -2.33. The Kier molecular flexibility index (Phi) is 7.29. The second-order valence-corrected chi connectivity index (χ2v) is 6.86. The fourth-order valence-electron chi connectivity index (χ4n) is 3.57. The molecule has 5 nitrogen and oxygen atoms in total. The molecule has 0 spiro atoms. The van der Waals surface area contributed by atoms with Gasteiger partial charge in [0.15, 0.2) is 0 Å². The van der Waals surface area contributed by atoms with E-state index in [9.17, 15) is 9.59 Å². The maximum absolute atomic E-state index is 12.7. The van der Waals surface area contributed by atoms with Gasteiger partial charge in [-0.05, 0) is 55.2 Å². The third-order valence-electron chi connectivity index (χ3n) is 5.14. The highest BCUT2D eigenvalue weighted by molar-refractivity contribution is 5.77. The minimum absolute atomic E-state index is 0.183. The Morgan fingerprint density at radius 3 is 2.64 bits per heavy atom. The second kappa shape index (κ2) is 9.44. The predicted octanol–water partition coefficient (Wildman–Crippen LogP) is 3.68. The molecule has 2 atom stereocenters. The summed E-state index contributed by atoms with van der Waals surface area (Å²) < 4.78 is 5.19. The topological polar surface area (TPSA) is 66.8 Å². The first-order valence-corrected chi connectivity index (χ1v) is 9.17. The zero-order chi connectivity index (χ0) is 18.2. The zero-order valence-corrected chi connectivity index (χ0v) is 15.2. The van der Waals surface area contributed by atoms with Gasteiger partial charge >= 0.3 is 5.97 Å². The van der Waals surface area contributed by atoms with Crippen LogP contribution in [0.3, 0.4) is 0 Å². The molecule has 1 aromatic carbocycles. The number of ether oxygens (including phenoxy) is 1. The maximum atomic E-state index is 12.7. The average Bonchev–Trinajstić information content (AvgIpc) is 2.64. The van der Waals surface area contributed by atoms with Crippen molar-refractivity contribution < 1.29 is 19.4 Å². The van der Waals surface area contributed by atoms with Crippen LogP contribution >= 0.6 is 0 Å². The SMILES string of the molecule is CCC(CC(=O)N1CCCC(CCC(=O)O)C1)c1ccc(OC)cc1. The fourth-order valence-corrected chi connectivity index (χ4v) is 3.57. The van der Waals surface area contributed by atoms with Crippen LogP contribution in [0.2, 0.25) is 0 Å². The molecule has 1 fully saturated rings. The van der Waals surface area contributed by atoms with Crippen molar-refractivity contribution in [3.63, 3.8) is 0 Å². The van der Waals surface area contributed by atoms with Crippen molar-refractivity contribution in [3.05, 3.63) is 29.8 Å². The molecule has 2 rings (SSSR count). The van der Waals surface area contributed by atoms with Crippen LogP contribution in [-0.4, -0.2) is 42.1 Å². The highest BCUT2D eigenvalue weighted by Crippen LogP contribution is 2.28. The third-order valence-corrected chi connectivity index (χ3v) is 5.14. The molecule has 2 unspecified atom stereocenters. The Bertz CT molecular complexity index is 570. The number of methoxy groups -OCH3 is 1. The number of hydrogen-bond acceptors (Lipinski definition) is 3. The molecule has 0 aliphatic carbocycles. The van der Waals surface area contributed by atoms with E-state index in [0.29, 0.717) is 25.3 Å². The number of rotatable bonds is 8. The maximum Gasteiger partial charge on any atom is 0.303 e. The number of carboxylic acid groups (broad SMARTS) is 1. The number of likely N-dealkylation sites (tertiary alicyclic amines) is 1. The van der Waals surface area contributed by atoms with Crippen molar-refractivity contribution >= 4 is 11.9 Å². The summed E-state index contributed by atoms with van der Waals surface area (Å²) in [4.78, 5) is 25.4. The van der Waals surface area contributed by atoms with E-state index in [1.165, 1.54) is 0 Å². The number of carbonyl (C=O) groups is 2. The van der Waals surface area contributed by atoms with Crippen LogP contribution in [0, 0.1) is 5.92 Å². The van der Waals surface area contributed by atoms with Gasteiger partial charge in [-0.25, -0.2) is 0 Å². The van der Waals surface area contributed by atoms with Crippen molar-refractivity contribution in [2.45, 2.75) is 51.4 Å². The van der Waals surface area contributed by atoms with Crippen molar-refractivity contribution in [1.82, 2.24) is 4.90 Å². The molecule has 5 heteroatoms. The molecule has 0 saturated carbocycles. The summed E-state index contributed by atoms with van der Waals surface area (Å²) >= 11 is 0. The molecular weight excluding hydrogens is 318 g/mol. The number of aliphatic carboxylic acids is 1. The van der Waals surface area contributed by atoms with Gasteiger partial charge < -0.3 is 14.7 Å². The quantitative estimate of drug-likeness (QED) is 0.779. The van der Waals surface area contributed by atoms with Crippen LogP contribution in [0.5, 0.6) is 5.75 Å². The van der Waals surface area contributed by atoms with Crippen LogP contribution < -0.4 is 4.74 Å². The van der Waals surface area contributed by atoms with Gasteiger partial charge in [0.2, 0.25) is 5.91 Å². The van der Waals surface area contributed by atoms with Crippen molar-refractivity contribution in [3.8, 4) is 5.75 Å². The first-order valence-electron chi connectivity index (χ1n) is 9.17. The lowest BCUT2D eigenvalue weighted by atomic mass is 9.90. The number of carbonyl (C=O) groups excluding carboxylic acids is 1. The second-order valence-electron chi connectivity index (χ2n) is 6.86. The monoisotopic (exact) mass is 347 g/mol. The minimum atomic E-state index is -0.756. The molecule has 1 amide bonds. The summed E-state index contributed by atoms with van der Waals surface area (Å²) in [5, 5.41) is 8.84. The molecule has 1 heterocycles. The molecule has 0 radical (unpaired) electrons. The lowest BCUT2D eigenvalue weighted by molar-refractivity contribution is -0.137. The van der Waals surface area contributed by atoms with Crippen molar-refractivity contribution in [2.24, 2.45) is 5.92 Å². The zero-order valence-electron chi connectivity index (χ0n) is 15.2. The molecular formula is C20H29NO4. The first kappa shape index (κ1) is 19.3. The van der Waals surface area contributed by atoms with E-state index in [2.05, 4.69) is 6.92 Å². The predicted molar refractivity (Wildman–Crippen MR) is 96.8 cm³/mol. The molecule has 1 saturated heterocycles. The number of amides is 1. The number of carboxylic acids is 1. The van der Waals surface area contributed by atoms with Gasteiger partial charge in [0.05, 0.1) is 7.11 Å². The number of benzene rings is 1. The first-order chi connectivity index (χ1) is 12.0. The summed E-state index contributed by atoms with van der Waals surface area (Å²) in [7, 11) is 1.65. The van der Waals surface area contributed by atoms with E-state index >= 15 is 0 Å². The van der Waals surface area contributed by atoms with E-state index in [0.717, 1.165) is 37.1 Å². The summed E-state index contributed by atoms with van der Waals surface area (Å²) in [6.07, 6.45) is 4.26. The lowest BCUT2D eigenvalue weighted by Crippen LogP contribution is -2.40. The van der Waals surface area contributed by atoms with E-state index < -0.39 is 5.97 Å². The summed E-state index contributed by atoms with van der Waals surface area (Å²) in [6, 6.07) is 7.94. The smallest absolute Gasteiger partial charge is 0.303 e. The minimum Gasteiger partial charge on any atom is -0.497 e. The van der Waals surface area contributed by atoms with E-state index in [1.807, 2.05) is 29.2 Å². The number of piperidine rings is 1. The van der Waals surface area contributed by atoms with Crippen LogP contribution in [0.4, 0.5) is 0 Å². The molecule has 0 bridgehead atoms. The van der Waals surface area contributed by atoms with Gasteiger partial charge in [-0.2, -0.15) is 0 Å². The Balaban J connectivity index is 1.92. The van der Waals surface area contributed by atoms with Crippen LogP contribution in [0.25, 0.3) is 0 Å². The highest BCUT2D eigenvalue weighted by Gasteiger charge is 2.25. The van der Waals surface area contributed by atoms with Gasteiger partial charge in [0, 0.05) is 25.9 Å². The van der Waals surface area contributed by atoms with Gasteiger partial charge in [-0.3, -0.25) is 9.59 Å². The number of nitrogens with zero attached hydrogens (tertiary/aromatic N) is 1. The normalized spacial score (nSPS) is 18.6. The molecule has 1 aromatic rings. The average molecular weight is 347 g/mol. The molecule has 25 heavy (non-hydrogen) atoms. The van der Waals surface area contributed by atoms with Crippen molar-refractivity contribution in [2.75, 3.05) is 20.2 Å².